The number of nitrogens with zero attached hydrogens (tertiary/aromatic N) is 3. The van der Waals surface area contributed by atoms with E-state index in [1.165, 1.54) is 18.9 Å². The van der Waals surface area contributed by atoms with E-state index in [0.717, 1.165) is 22.6 Å². The third-order valence-corrected chi connectivity index (χ3v) is 7.64. The van der Waals surface area contributed by atoms with Crippen LogP contribution in [0, 0.1) is 0 Å². The van der Waals surface area contributed by atoms with E-state index < -0.39 is 5.25 Å². The fourth-order valence-corrected chi connectivity index (χ4v) is 5.52. The number of nitrogens with one attached hydrogen (secondary N) is 1. The Bertz CT molecular complexity index is 1430. The van der Waals surface area contributed by atoms with Crippen molar-refractivity contribution in [3.63, 3.8) is 0 Å². The highest BCUT2D eigenvalue weighted by molar-refractivity contribution is 8.15. The Morgan fingerprint density at radius 2 is 1.87 bits per heavy atom. The number of methoxy groups -OCH3 is 2. The molecule has 0 fully saturated rings. The number of carbonyl (C=O) groups excluding carboxylic acids is 2. The monoisotopic (exact) mass is 548 g/mol. The zero-order valence-electron chi connectivity index (χ0n) is 20.8. The van der Waals surface area contributed by atoms with E-state index in [0.29, 0.717) is 28.0 Å². The molecule has 10 heteroatoms. The van der Waals surface area contributed by atoms with Gasteiger partial charge in [-0.1, -0.05) is 59.8 Å². The molecule has 0 aliphatic carbocycles. The first-order valence-corrected chi connectivity index (χ1v) is 13.2. The molecule has 3 aromatic rings. The molecule has 0 saturated heterocycles. The van der Waals surface area contributed by atoms with E-state index in [4.69, 9.17) is 26.2 Å². The van der Waals surface area contributed by atoms with Gasteiger partial charge in [0.25, 0.3) is 5.91 Å². The average Bonchev–Trinajstić information content (AvgIpc) is 3.53. The van der Waals surface area contributed by atoms with Crippen LogP contribution >= 0.6 is 23.4 Å². The number of benzene rings is 3. The molecule has 0 bridgehead atoms. The molecule has 2 aliphatic heterocycles. The third-order valence-electron chi connectivity index (χ3n) is 6.24. The molecule has 5 rings (SSSR count). The molecule has 1 N–H and O–H groups in total. The number of para-hydroxylation sites is 2. The first kappa shape index (κ1) is 25.8. The number of amidine groups is 1. The first-order chi connectivity index (χ1) is 18.4. The molecule has 8 nitrogen and oxygen atoms in total. The van der Waals surface area contributed by atoms with Crippen molar-refractivity contribution in [1.29, 1.82) is 0 Å². The SMILES string of the molecule is COc1cccc(C2CC(c3ccc(Cl)cc3)=NN2C2=NC(=O)C(CC(=O)Nc3ccccc3OC)S2)c1. The number of amides is 2. The van der Waals surface area contributed by atoms with Gasteiger partial charge >= 0.3 is 0 Å². The van der Waals surface area contributed by atoms with Gasteiger partial charge in [0.1, 0.15) is 16.7 Å². The molecule has 2 heterocycles. The zero-order valence-corrected chi connectivity index (χ0v) is 22.3. The Balaban J connectivity index is 1.36. The molecule has 0 spiro atoms. The Morgan fingerprint density at radius 1 is 1.08 bits per heavy atom. The predicted molar refractivity (Wildman–Crippen MR) is 150 cm³/mol. The Kier molecular flexibility index (Phi) is 7.67. The van der Waals surface area contributed by atoms with Gasteiger partial charge in [0.05, 0.1) is 31.7 Å². The van der Waals surface area contributed by atoms with Gasteiger partial charge in [0.2, 0.25) is 5.91 Å². The Labute approximate surface area is 229 Å². The molecular formula is C28H25ClN4O4S. The lowest BCUT2D eigenvalue weighted by Crippen LogP contribution is -2.25. The molecule has 194 valence electrons. The number of aliphatic imine (C=N–C) groups is 1. The van der Waals surface area contributed by atoms with Crippen LogP contribution in [-0.4, -0.2) is 47.2 Å². The minimum atomic E-state index is -0.652. The number of thioether (sulfide) groups is 1. The maximum atomic E-state index is 12.9. The minimum Gasteiger partial charge on any atom is -0.497 e. The summed E-state index contributed by atoms with van der Waals surface area (Å²) in [6.07, 6.45) is 0.571. The summed E-state index contributed by atoms with van der Waals surface area (Å²) in [4.78, 5) is 30.0. The van der Waals surface area contributed by atoms with E-state index in [1.54, 1.807) is 30.3 Å². The summed E-state index contributed by atoms with van der Waals surface area (Å²) in [5.74, 6) is 0.614. The van der Waals surface area contributed by atoms with E-state index in [1.807, 2.05) is 54.6 Å². The maximum Gasteiger partial charge on any atom is 0.262 e. The maximum absolute atomic E-state index is 12.9. The Hall–Kier alpha value is -3.82. The molecule has 2 amide bonds. The molecule has 2 aliphatic rings. The fourth-order valence-electron chi connectivity index (χ4n) is 4.33. The van der Waals surface area contributed by atoms with E-state index in [2.05, 4.69) is 10.3 Å². The lowest BCUT2D eigenvalue weighted by Gasteiger charge is -2.23. The van der Waals surface area contributed by atoms with E-state index >= 15 is 0 Å². The highest BCUT2D eigenvalue weighted by atomic mass is 35.5. The summed E-state index contributed by atoms with van der Waals surface area (Å²) < 4.78 is 10.7. The lowest BCUT2D eigenvalue weighted by atomic mass is 9.98. The van der Waals surface area contributed by atoms with Gasteiger partial charge in [-0.15, -0.1) is 0 Å². The molecule has 3 aromatic carbocycles. The summed E-state index contributed by atoms with van der Waals surface area (Å²) >= 11 is 7.33. The fraction of sp³-hybridized carbons (Fsp3) is 0.214. The second-order valence-electron chi connectivity index (χ2n) is 8.69. The van der Waals surface area contributed by atoms with Crippen LogP contribution in [0.1, 0.15) is 30.0 Å². The van der Waals surface area contributed by atoms with Crippen molar-refractivity contribution in [3.8, 4) is 11.5 Å². The zero-order chi connectivity index (χ0) is 26.6. The largest absolute Gasteiger partial charge is 0.497 e. The van der Waals surface area contributed by atoms with Gasteiger partial charge in [-0.05, 0) is 47.5 Å². The van der Waals surface area contributed by atoms with Crippen LogP contribution in [0.3, 0.4) is 0 Å². The lowest BCUT2D eigenvalue weighted by molar-refractivity contribution is -0.121. The van der Waals surface area contributed by atoms with Gasteiger partial charge in [-0.25, -0.2) is 5.01 Å². The topological polar surface area (TPSA) is 92.6 Å². The van der Waals surface area contributed by atoms with E-state index in [9.17, 15) is 9.59 Å². The van der Waals surface area contributed by atoms with Gasteiger partial charge < -0.3 is 14.8 Å². The van der Waals surface area contributed by atoms with Gasteiger partial charge in [-0.3, -0.25) is 9.59 Å². The molecule has 38 heavy (non-hydrogen) atoms. The quantitative estimate of drug-likeness (QED) is 0.417. The standard InChI is InChI=1S/C28H25ClN4O4S/c1-36-20-7-5-6-18(14-20)23-15-22(17-10-12-19(29)13-11-17)32-33(23)28-31-27(35)25(38-28)16-26(34)30-21-8-3-4-9-24(21)37-2/h3-14,23,25H,15-16H2,1-2H3,(H,30,34). The van der Waals surface area contributed by atoms with Crippen molar-refractivity contribution in [2.24, 2.45) is 10.1 Å². The number of hydrogen-bond donors (Lipinski definition) is 1. The van der Waals surface area contributed by atoms with Crippen molar-refractivity contribution < 1.29 is 19.1 Å². The van der Waals surface area contributed by atoms with Crippen molar-refractivity contribution >= 4 is 51.7 Å². The van der Waals surface area contributed by atoms with Crippen molar-refractivity contribution in [1.82, 2.24) is 5.01 Å². The van der Waals surface area contributed by atoms with Crippen LogP contribution in [0.4, 0.5) is 5.69 Å². The van der Waals surface area contributed by atoms with Crippen molar-refractivity contribution in [3.05, 3.63) is 88.9 Å². The van der Waals surface area contributed by atoms with Crippen LogP contribution in [-0.2, 0) is 9.59 Å². The van der Waals surface area contributed by atoms with E-state index in [-0.39, 0.29) is 24.3 Å². The van der Waals surface area contributed by atoms with Crippen molar-refractivity contribution in [2.45, 2.75) is 24.1 Å². The number of carbonyl (C=O) groups is 2. The Morgan fingerprint density at radius 3 is 2.63 bits per heavy atom. The molecule has 0 radical (unpaired) electrons. The summed E-state index contributed by atoms with van der Waals surface area (Å²) in [6, 6.07) is 22.2. The van der Waals surface area contributed by atoms with Gasteiger partial charge in [0, 0.05) is 17.9 Å². The number of halogens is 1. The summed E-state index contributed by atoms with van der Waals surface area (Å²) in [5, 5.41) is 9.92. The molecule has 2 atom stereocenters. The normalized spacial score (nSPS) is 18.7. The molecular weight excluding hydrogens is 524 g/mol. The smallest absolute Gasteiger partial charge is 0.262 e. The minimum absolute atomic E-state index is 0.0278. The summed E-state index contributed by atoms with van der Waals surface area (Å²) in [6.45, 7) is 0. The molecule has 0 saturated carbocycles. The highest BCUT2D eigenvalue weighted by Crippen LogP contribution is 2.39. The molecule has 0 aromatic heterocycles. The van der Waals surface area contributed by atoms with Crippen LogP contribution in [0.15, 0.2) is 82.9 Å². The first-order valence-electron chi connectivity index (χ1n) is 11.9. The van der Waals surface area contributed by atoms with Crippen molar-refractivity contribution in [2.75, 3.05) is 19.5 Å². The van der Waals surface area contributed by atoms with Crippen LogP contribution < -0.4 is 14.8 Å². The second-order valence-corrected chi connectivity index (χ2v) is 10.3. The average molecular weight is 549 g/mol. The number of hydrogen-bond acceptors (Lipinski definition) is 7. The van der Waals surface area contributed by atoms with Crippen LogP contribution in [0.5, 0.6) is 11.5 Å². The van der Waals surface area contributed by atoms with Gasteiger partial charge in [0.15, 0.2) is 5.17 Å². The highest BCUT2D eigenvalue weighted by Gasteiger charge is 2.39. The second kappa shape index (κ2) is 11.3. The number of hydrazone groups is 1. The van der Waals surface area contributed by atoms with Gasteiger partial charge in [-0.2, -0.15) is 10.1 Å². The number of anilines is 1. The summed E-state index contributed by atoms with van der Waals surface area (Å²) in [5.41, 5.74) is 3.31. The molecule has 2 unspecified atom stereocenters. The van der Waals surface area contributed by atoms with Crippen LogP contribution in [0.2, 0.25) is 5.02 Å². The van der Waals surface area contributed by atoms with Crippen LogP contribution in [0.25, 0.3) is 0 Å². The predicted octanol–water partition coefficient (Wildman–Crippen LogP) is 5.54. The number of ether oxygens (including phenoxy) is 2. The summed E-state index contributed by atoms with van der Waals surface area (Å²) in [7, 11) is 3.16. The third kappa shape index (κ3) is 5.54. The number of rotatable bonds is 7.